The van der Waals surface area contributed by atoms with Crippen LogP contribution in [0.3, 0.4) is 0 Å². The van der Waals surface area contributed by atoms with Crippen LogP contribution in [0.15, 0.2) is 35.0 Å². The number of amides is 1. The minimum atomic E-state index is -1.07. The number of carboxylic acids is 1. The number of nitrogens with zero attached hydrogens (tertiary/aromatic N) is 1. The van der Waals surface area contributed by atoms with E-state index in [4.69, 9.17) is 16.7 Å². The van der Waals surface area contributed by atoms with Crippen LogP contribution in [0.2, 0.25) is 5.02 Å². The summed E-state index contributed by atoms with van der Waals surface area (Å²) in [5.41, 5.74) is 1.09. The normalized spacial score (nSPS) is 18.5. The molecule has 0 atom stereocenters. The van der Waals surface area contributed by atoms with Gasteiger partial charge in [0, 0.05) is 5.02 Å². The molecule has 19 heavy (non-hydrogen) atoms. The van der Waals surface area contributed by atoms with E-state index in [0.717, 1.165) is 5.56 Å². The third kappa shape index (κ3) is 3.56. The molecule has 0 aliphatic carbocycles. The van der Waals surface area contributed by atoms with Gasteiger partial charge in [-0.05, 0) is 23.8 Å². The number of carboxylic acid groups (broad SMARTS) is 1. The van der Waals surface area contributed by atoms with Gasteiger partial charge in [-0.25, -0.2) is 4.99 Å². The van der Waals surface area contributed by atoms with Gasteiger partial charge in [0.15, 0.2) is 0 Å². The van der Waals surface area contributed by atoms with Crippen molar-refractivity contribution >= 4 is 35.5 Å². The molecule has 1 fully saturated rings. The van der Waals surface area contributed by atoms with Crippen LogP contribution in [0.1, 0.15) is 5.56 Å². The monoisotopic (exact) mass is 279 g/mol. The Labute approximate surface area is 113 Å². The molecule has 1 aliphatic heterocycles. The maximum absolute atomic E-state index is 11.6. The van der Waals surface area contributed by atoms with E-state index in [1.807, 2.05) is 0 Å². The van der Waals surface area contributed by atoms with Gasteiger partial charge in [0.25, 0.3) is 5.91 Å². The van der Waals surface area contributed by atoms with Crippen LogP contribution in [-0.2, 0) is 9.59 Å². The summed E-state index contributed by atoms with van der Waals surface area (Å²) in [4.78, 5) is 25.7. The SMILES string of the molecule is O=C(O)CN=C1NC(=O)/C(=C\c2ccc(Cl)cc2)N1. The van der Waals surface area contributed by atoms with Crippen LogP contribution in [0, 0.1) is 0 Å². The van der Waals surface area contributed by atoms with E-state index in [2.05, 4.69) is 15.6 Å². The number of benzene rings is 1. The van der Waals surface area contributed by atoms with Crippen LogP contribution >= 0.6 is 11.6 Å². The van der Waals surface area contributed by atoms with Crippen molar-refractivity contribution in [1.82, 2.24) is 10.6 Å². The average Bonchev–Trinajstić information content (AvgIpc) is 2.71. The summed E-state index contributed by atoms with van der Waals surface area (Å²) in [5.74, 6) is -1.30. The van der Waals surface area contributed by atoms with Gasteiger partial charge in [-0.3, -0.25) is 14.9 Å². The molecule has 0 unspecified atom stereocenters. The standard InChI is InChI=1S/C12H10ClN3O3/c13-8-3-1-7(2-4-8)5-9-11(19)16-12(15-9)14-6-10(17)18/h1-5H,6H2,(H,17,18)(H2,14,15,16,19)/b9-5+. The highest BCUT2D eigenvalue weighted by atomic mass is 35.5. The van der Waals surface area contributed by atoms with Gasteiger partial charge in [0.1, 0.15) is 12.2 Å². The Morgan fingerprint density at radius 3 is 2.63 bits per heavy atom. The second-order valence-electron chi connectivity index (χ2n) is 3.75. The Bertz CT molecular complexity index is 578. The molecule has 0 bridgehead atoms. The quantitative estimate of drug-likeness (QED) is 0.715. The van der Waals surface area contributed by atoms with E-state index in [9.17, 15) is 9.59 Å². The van der Waals surface area contributed by atoms with Gasteiger partial charge in [-0.15, -0.1) is 0 Å². The number of nitrogens with one attached hydrogen (secondary N) is 2. The third-order valence-corrected chi connectivity index (χ3v) is 2.54. The Balaban J connectivity index is 2.13. The molecule has 3 N–H and O–H groups in total. The number of aliphatic imine (C=N–C) groups is 1. The van der Waals surface area contributed by atoms with Crippen molar-refractivity contribution in [3.05, 3.63) is 40.5 Å². The summed E-state index contributed by atoms with van der Waals surface area (Å²) in [6, 6.07) is 6.94. The summed E-state index contributed by atoms with van der Waals surface area (Å²) in [5, 5.41) is 14.2. The van der Waals surface area contributed by atoms with Crippen molar-refractivity contribution in [2.45, 2.75) is 0 Å². The molecule has 1 saturated heterocycles. The number of hydrogen-bond donors (Lipinski definition) is 3. The number of rotatable bonds is 3. The summed E-state index contributed by atoms with van der Waals surface area (Å²) in [7, 11) is 0. The number of halogens is 1. The van der Waals surface area contributed by atoms with Crippen LogP contribution in [0.5, 0.6) is 0 Å². The second kappa shape index (κ2) is 5.53. The molecule has 1 amide bonds. The van der Waals surface area contributed by atoms with E-state index in [1.165, 1.54) is 0 Å². The van der Waals surface area contributed by atoms with E-state index in [1.54, 1.807) is 30.3 Å². The van der Waals surface area contributed by atoms with Crippen molar-refractivity contribution in [1.29, 1.82) is 0 Å². The lowest BCUT2D eigenvalue weighted by molar-refractivity contribution is -0.135. The molecule has 2 rings (SSSR count). The zero-order valence-electron chi connectivity index (χ0n) is 9.68. The summed E-state index contributed by atoms with van der Waals surface area (Å²) in [6.07, 6.45) is 1.62. The highest BCUT2D eigenvalue weighted by Crippen LogP contribution is 2.12. The summed E-state index contributed by atoms with van der Waals surface area (Å²) >= 11 is 5.76. The molecule has 0 saturated carbocycles. The first kappa shape index (κ1) is 13.1. The van der Waals surface area contributed by atoms with E-state index in [0.29, 0.717) is 10.7 Å². The lowest BCUT2D eigenvalue weighted by Gasteiger charge is -1.97. The van der Waals surface area contributed by atoms with E-state index in [-0.39, 0.29) is 11.9 Å². The van der Waals surface area contributed by atoms with Crippen molar-refractivity contribution < 1.29 is 14.7 Å². The molecule has 0 spiro atoms. The van der Waals surface area contributed by atoms with Gasteiger partial charge >= 0.3 is 5.97 Å². The number of guanidine groups is 1. The van der Waals surface area contributed by atoms with Crippen LogP contribution in [-0.4, -0.2) is 29.5 Å². The van der Waals surface area contributed by atoms with E-state index < -0.39 is 12.5 Å². The van der Waals surface area contributed by atoms with Crippen molar-refractivity contribution in [3.63, 3.8) is 0 Å². The fourth-order valence-corrected chi connectivity index (χ4v) is 1.57. The van der Waals surface area contributed by atoms with Gasteiger partial charge in [-0.1, -0.05) is 23.7 Å². The molecular weight excluding hydrogens is 270 g/mol. The predicted molar refractivity (Wildman–Crippen MR) is 70.6 cm³/mol. The minimum Gasteiger partial charge on any atom is -0.480 e. The smallest absolute Gasteiger partial charge is 0.325 e. The minimum absolute atomic E-state index is 0.132. The third-order valence-electron chi connectivity index (χ3n) is 2.28. The first-order valence-electron chi connectivity index (χ1n) is 5.36. The molecule has 0 aromatic heterocycles. The predicted octanol–water partition coefficient (Wildman–Crippen LogP) is 0.841. The van der Waals surface area contributed by atoms with Crippen LogP contribution in [0.25, 0.3) is 6.08 Å². The fourth-order valence-electron chi connectivity index (χ4n) is 1.44. The lowest BCUT2D eigenvalue weighted by Crippen LogP contribution is -2.26. The first-order valence-corrected chi connectivity index (χ1v) is 5.74. The Morgan fingerprint density at radius 2 is 2.00 bits per heavy atom. The zero-order chi connectivity index (χ0) is 13.8. The largest absolute Gasteiger partial charge is 0.480 e. The van der Waals surface area contributed by atoms with Gasteiger partial charge in [0.2, 0.25) is 5.96 Å². The highest BCUT2D eigenvalue weighted by Gasteiger charge is 2.21. The number of aliphatic carboxylic acids is 1. The molecule has 1 heterocycles. The molecule has 1 aromatic rings. The molecule has 1 aliphatic rings. The lowest BCUT2D eigenvalue weighted by atomic mass is 10.2. The second-order valence-corrected chi connectivity index (χ2v) is 4.18. The number of carbonyl (C=O) groups excluding carboxylic acids is 1. The molecule has 7 heteroatoms. The fraction of sp³-hybridized carbons (Fsp3) is 0.0833. The van der Waals surface area contributed by atoms with Crippen molar-refractivity contribution in [2.24, 2.45) is 4.99 Å². The molecule has 0 radical (unpaired) electrons. The highest BCUT2D eigenvalue weighted by molar-refractivity contribution is 6.30. The number of hydrogen-bond acceptors (Lipinski definition) is 3. The van der Waals surface area contributed by atoms with E-state index >= 15 is 0 Å². The summed E-state index contributed by atoms with van der Waals surface area (Å²) in [6.45, 7) is -0.406. The van der Waals surface area contributed by atoms with Gasteiger partial charge in [-0.2, -0.15) is 0 Å². The number of carbonyl (C=O) groups is 2. The zero-order valence-corrected chi connectivity index (χ0v) is 10.4. The Hall–Kier alpha value is -2.34. The van der Waals surface area contributed by atoms with Crippen LogP contribution in [0.4, 0.5) is 0 Å². The van der Waals surface area contributed by atoms with Gasteiger partial charge < -0.3 is 10.4 Å². The first-order chi connectivity index (χ1) is 9.04. The molecule has 1 aromatic carbocycles. The van der Waals surface area contributed by atoms with Crippen molar-refractivity contribution in [3.8, 4) is 0 Å². The average molecular weight is 280 g/mol. The van der Waals surface area contributed by atoms with Crippen molar-refractivity contribution in [2.75, 3.05) is 6.54 Å². The Morgan fingerprint density at radius 1 is 1.32 bits per heavy atom. The molecule has 98 valence electrons. The molecule has 6 nitrogen and oxygen atoms in total. The Kier molecular flexibility index (Phi) is 3.82. The topological polar surface area (TPSA) is 90.8 Å². The maximum atomic E-state index is 11.6. The molecular formula is C12H10ClN3O3. The maximum Gasteiger partial charge on any atom is 0.325 e. The summed E-state index contributed by atoms with van der Waals surface area (Å²) < 4.78 is 0. The van der Waals surface area contributed by atoms with Crippen LogP contribution < -0.4 is 10.6 Å². The van der Waals surface area contributed by atoms with Gasteiger partial charge in [0.05, 0.1) is 0 Å².